The molecule has 128 heavy (non-hydrogen) atoms. The summed E-state index contributed by atoms with van der Waals surface area (Å²) in [7, 11) is 0. The summed E-state index contributed by atoms with van der Waals surface area (Å²) in [6, 6.07) is 0. The molecule has 0 aromatic heterocycles. The summed E-state index contributed by atoms with van der Waals surface area (Å²) in [5.41, 5.74) is 2.60. The number of ether oxygens (including phenoxy) is 11. The van der Waals surface area contributed by atoms with Gasteiger partial charge in [0.15, 0.2) is 0 Å². The highest BCUT2D eigenvalue weighted by molar-refractivity contribution is 5.88. The van der Waals surface area contributed by atoms with E-state index in [4.69, 9.17) is 52.1 Å². The Morgan fingerprint density at radius 1 is 0.320 bits per heavy atom. The maximum atomic E-state index is 12.1. The van der Waals surface area contributed by atoms with Crippen LogP contribution < -0.4 is 0 Å². The zero-order valence-electron chi connectivity index (χ0n) is 82.2. The molecule has 0 aromatic rings. The summed E-state index contributed by atoms with van der Waals surface area (Å²) >= 11 is 0. The van der Waals surface area contributed by atoms with Gasteiger partial charge in [-0.1, -0.05) is 94.0 Å². The fraction of sp³-hybridized carbons (Fsp3) is 0.809. The number of fused-ring (bicyclic) bond motifs is 2. The average Bonchev–Trinajstić information content (AvgIpc) is 1.53. The molecule has 0 aromatic carbocycles. The first-order chi connectivity index (χ1) is 60.1. The van der Waals surface area contributed by atoms with Gasteiger partial charge in [0, 0.05) is 52.4 Å². The van der Waals surface area contributed by atoms with Crippen molar-refractivity contribution in [2.45, 2.75) is 421 Å². The zero-order chi connectivity index (χ0) is 92.9. The number of rotatable bonds is 22. The lowest BCUT2D eigenvalue weighted by molar-refractivity contribution is -0.244. The molecule has 23 saturated carbocycles. The van der Waals surface area contributed by atoms with Crippen molar-refractivity contribution in [2.24, 2.45) is 140 Å². The Morgan fingerprint density at radius 3 is 0.953 bits per heavy atom. The lowest BCUT2D eigenvalue weighted by atomic mass is 9.54. The van der Waals surface area contributed by atoms with Crippen LogP contribution in [0, 0.1) is 140 Å². The highest BCUT2D eigenvalue weighted by Crippen LogP contribution is 2.76. The molecule has 0 aliphatic heterocycles. The van der Waals surface area contributed by atoms with Crippen molar-refractivity contribution in [3.8, 4) is 0 Å². The van der Waals surface area contributed by atoms with Crippen LogP contribution in [0.1, 0.15) is 355 Å². The van der Waals surface area contributed by atoms with Gasteiger partial charge >= 0.3 is 41.8 Å². The quantitative estimate of drug-likeness (QED) is 0.0425. The van der Waals surface area contributed by atoms with E-state index in [1.807, 2.05) is 34.6 Å². The summed E-state index contributed by atoms with van der Waals surface area (Å²) in [5, 5.41) is 0. The lowest BCUT2D eigenvalue weighted by Gasteiger charge is -2.56. The maximum absolute atomic E-state index is 12.1. The summed E-state index contributed by atoms with van der Waals surface area (Å²) in [5.74, 6) is 13.6. The normalized spacial score (nSPS) is 41.6. The van der Waals surface area contributed by atoms with E-state index in [1.165, 1.54) is 192 Å². The third kappa shape index (κ3) is 22.0. The standard InChI is InChI=1S/C19H30O2.C18H28O2.2C16H24O3.2C15H22O3.C11H18O2/c1-12(2)16(20)21-18(6)9-10-19-11-15(18)17(4,5)14(19)8-7-13(19)3;1-6-15(19)20-17(5)9-10-18-11-14(17)16(3,4)13(18)8-7-12(18)2;1-10(2)15(17)18-11(3)19-16-7-12-4-13(8-16)6-14(5-12)9-16;1-9(2)16(17)19-10(3)18-15-13-5-11-4-12(7-13)8-14(15)6-11;1-3-14(16)17-10(2)18-15-7-11-4-12(8-15)6-13(5-11)9-15;1-3-14(16)17-9(2)18-15-12-5-10-4-11(7-12)8-13(15)6-10;1-9(2)10(12)13-11(3)7-5-4-6-8-11/h13-15H,1,7-11H2,2-6H3;6,12-14H,1,7-11H2,2-5H3;11-14H,1,4-9H2,2-3H3;10-15H,1,4-8H2,2-3H3;3,10-13H,1,4-9H2,2H3;3,9-13,15H,1,4-8H2,2H3;1,4-8H2,2-3H3. The van der Waals surface area contributed by atoms with Crippen LogP contribution in [0.2, 0.25) is 0 Å². The van der Waals surface area contributed by atoms with Gasteiger partial charge in [-0.05, 0) is 435 Å². The fourth-order valence-corrected chi connectivity index (χ4v) is 33.0. The fourth-order valence-electron chi connectivity index (χ4n) is 33.0. The molecule has 14 atom stereocenters. The maximum Gasteiger partial charge on any atom is 0.335 e. The molecule has 18 nitrogen and oxygen atoms in total. The van der Waals surface area contributed by atoms with Gasteiger partial charge in [0.25, 0.3) is 0 Å². The second-order valence-corrected chi connectivity index (χ2v) is 47.7. The van der Waals surface area contributed by atoms with Crippen LogP contribution in [-0.4, -0.2) is 107 Å². The SMILES string of the molecule is C=C(C)C(=O)OC(C)OC12CC3CC(CC(C3)C1)C2.C=C(C)C(=O)OC(C)OC1C2CC3CC(C2)CC1C3.C=C(C)C(=O)OC1(C)CCC23CC1C(C)(C)C2CCC3C.C=C(C)C(=O)OC1(C)CCCCC1.C=CC(=O)OC(C)OC12CC3CC(CC(C3)C1)C2.C=CC(=O)OC(C)OC1C2CC3CC(C2)CC1C3.C=CC(=O)OC1(C)CCC23CC1C(C)(C)C2CCC3C. The van der Waals surface area contributed by atoms with Crippen LogP contribution in [-0.2, 0) is 85.7 Å². The van der Waals surface area contributed by atoms with E-state index in [0.29, 0.717) is 80.8 Å². The van der Waals surface area contributed by atoms with Crippen LogP contribution in [0.15, 0.2) is 86.6 Å². The van der Waals surface area contributed by atoms with Crippen molar-refractivity contribution in [3.63, 3.8) is 0 Å². The van der Waals surface area contributed by atoms with Crippen molar-refractivity contribution < 1.29 is 85.7 Å². The largest absolute Gasteiger partial charge is 0.456 e. The topological polar surface area (TPSA) is 221 Å². The first-order valence-electron chi connectivity index (χ1n) is 50.8. The zero-order valence-corrected chi connectivity index (χ0v) is 82.2. The van der Waals surface area contributed by atoms with Gasteiger partial charge in [0.05, 0.1) is 23.4 Å². The molecule has 20 bridgehead atoms. The monoisotopic (exact) mass is 1780 g/mol. The van der Waals surface area contributed by atoms with Crippen molar-refractivity contribution in [1.29, 1.82) is 0 Å². The molecule has 23 aliphatic carbocycles. The molecule has 2 spiro atoms. The van der Waals surface area contributed by atoms with E-state index in [2.05, 4.69) is 101 Å². The number of hydrogen-bond donors (Lipinski definition) is 0. The predicted molar refractivity (Wildman–Crippen MR) is 497 cm³/mol. The van der Waals surface area contributed by atoms with Crippen LogP contribution in [0.4, 0.5) is 0 Å². The smallest absolute Gasteiger partial charge is 0.335 e. The minimum atomic E-state index is -0.458. The predicted octanol–water partition coefficient (Wildman–Crippen LogP) is 24.6. The Labute approximate surface area is 770 Å². The van der Waals surface area contributed by atoms with Crippen LogP contribution >= 0.6 is 0 Å². The molecule has 0 amide bonds. The molecule has 18 heteroatoms. The van der Waals surface area contributed by atoms with Crippen molar-refractivity contribution in [3.05, 3.63) is 86.6 Å². The number of carbonyl (C=O) groups is 7. The van der Waals surface area contributed by atoms with Crippen LogP contribution in [0.25, 0.3) is 0 Å². The van der Waals surface area contributed by atoms with E-state index in [0.717, 1.165) is 147 Å². The van der Waals surface area contributed by atoms with Crippen LogP contribution in [0.3, 0.4) is 0 Å². The summed E-state index contributed by atoms with van der Waals surface area (Å²) < 4.78 is 62.4. The molecule has 0 radical (unpaired) electrons. The van der Waals surface area contributed by atoms with Gasteiger partial charge in [-0.15, -0.1) is 0 Å². The molecule has 14 unspecified atom stereocenters. The van der Waals surface area contributed by atoms with Gasteiger partial charge in [0.2, 0.25) is 25.2 Å². The van der Waals surface area contributed by atoms with E-state index >= 15 is 0 Å². The second kappa shape index (κ2) is 39.7. The molecule has 716 valence electrons. The summed E-state index contributed by atoms with van der Waals surface area (Å²) in [6.45, 7) is 59.8. The Kier molecular flexibility index (Phi) is 30.9. The third-order valence-electron chi connectivity index (χ3n) is 37.2. The van der Waals surface area contributed by atoms with Crippen LogP contribution in [0.5, 0.6) is 0 Å². The lowest BCUT2D eigenvalue weighted by Crippen LogP contribution is -2.53. The Balaban J connectivity index is 0.000000128. The van der Waals surface area contributed by atoms with E-state index in [-0.39, 0.29) is 68.7 Å². The molecule has 23 fully saturated rings. The van der Waals surface area contributed by atoms with Crippen molar-refractivity contribution >= 4 is 41.8 Å². The van der Waals surface area contributed by atoms with E-state index in [1.54, 1.807) is 27.7 Å². The Hall–Kier alpha value is -5.69. The Morgan fingerprint density at radius 2 is 0.617 bits per heavy atom. The van der Waals surface area contributed by atoms with Gasteiger partial charge in [-0.3, -0.25) is 0 Å². The summed E-state index contributed by atoms with van der Waals surface area (Å²) in [6.07, 6.45) is 49.3. The van der Waals surface area contributed by atoms with Gasteiger partial charge in [0.1, 0.15) is 16.8 Å². The molecule has 0 heterocycles. The molecular weight excluding hydrogens is 1610 g/mol. The summed E-state index contributed by atoms with van der Waals surface area (Å²) in [4.78, 5) is 80.5. The molecule has 23 aliphatic rings. The molecule has 0 N–H and O–H groups in total. The number of carbonyl (C=O) groups excluding carboxylic acids is 7. The van der Waals surface area contributed by atoms with E-state index in [9.17, 15) is 33.6 Å². The van der Waals surface area contributed by atoms with Gasteiger partial charge < -0.3 is 52.1 Å². The van der Waals surface area contributed by atoms with E-state index < -0.39 is 37.1 Å². The number of hydrogen-bond acceptors (Lipinski definition) is 18. The highest BCUT2D eigenvalue weighted by Gasteiger charge is 2.71. The Bertz CT molecular complexity index is 3950. The van der Waals surface area contributed by atoms with Crippen molar-refractivity contribution in [2.75, 3.05) is 0 Å². The second-order valence-electron chi connectivity index (χ2n) is 47.7. The minimum Gasteiger partial charge on any atom is -0.456 e. The highest BCUT2D eigenvalue weighted by atomic mass is 16.7. The first-order valence-corrected chi connectivity index (χ1v) is 50.8. The van der Waals surface area contributed by atoms with Crippen molar-refractivity contribution in [1.82, 2.24) is 0 Å². The molecule has 23 rings (SSSR count). The third-order valence-corrected chi connectivity index (χ3v) is 37.2. The van der Waals surface area contributed by atoms with Gasteiger partial charge in [-0.2, -0.15) is 0 Å². The molecule has 0 saturated heterocycles. The average molecular weight is 1780 g/mol. The first kappa shape index (κ1) is 99.8. The number of esters is 7. The van der Waals surface area contributed by atoms with Gasteiger partial charge in [-0.25, -0.2) is 33.6 Å². The molecular formula is C110H168O18. The minimum absolute atomic E-state index is 0.00435.